The average molecular weight is 357 g/mol. The number of nitrogens with one attached hydrogen (secondary N) is 1. The lowest BCUT2D eigenvalue weighted by Crippen LogP contribution is -2.46. The molecule has 1 spiro atoms. The van der Waals surface area contributed by atoms with Crippen LogP contribution in [0.1, 0.15) is 42.9 Å². The van der Waals surface area contributed by atoms with Crippen molar-refractivity contribution in [2.75, 3.05) is 32.7 Å². The number of aryl methyl sites for hydroxylation is 1. The van der Waals surface area contributed by atoms with Gasteiger partial charge in [-0.25, -0.2) is 4.79 Å². The Morgan fingerprint density at radius 2 is 2.08 bits per heavy atom. The first-order chi connectivity index (χ1) is 12.6. The zero-order valence-corrected chi connectivity index (χ0v) is 15.4. The molecule has 1 aromatic rings. The molecule has 140 valence electrons. The summed E-state index contributed by atoms with van der Waals surface area (Å²) in [5.41, 5.74) is 2.03. The Labute approximate surface area is 154 Å². The lowest BCUT2D eigenvalue weighted by atomic mass is 9.92. The van der Waals surface area contributed by atoms with Gasteiger partial charge in [-0.3, -0.25) is 9.69 Å². The number of carbonyl (C=O) groups is 2. The molecule has 3 aliphatic rings. The Morgan fingerprint density at radius 1 is 1.31 bits per heavy atom. The lowest BCUT2D eigenvalue weighted by molar-refractivity contribution is -0.132. The molecule has 1 aromatic carbocycles. The lowest BCUT2D eigenvalue weighted by Gasteiger charge is -2.31. The molecule has 6 nitrogen and oxygen atoms in total. The van der Waals surface area contributed by atoms with Crippen LogP contribution in [-0.2, 0) is 9.53 Å². The Bertz CT molecular complexity index is 699. The number of hydrogen-bond donors (Lipinski definition) is 1. The standard InChI is InChI=1S/C20H27N3O3/c1-15-5-2-3-6-16(15)17-7-4-12-23(17)18(24)13-22-14-20(26-19(22)25)8-10-21-11-9-20/h2-3,5-6,17,21H,4,7-14H2,1H3/t17-/m0/s1. The maximum Gasteiger partial charge on any atom is 0.410 e. The quantitative estimate of drug-likeness (QED) is 0.901. The molecule has 4 rings (SSSR count). The van der Waals surface area contributed by atoms with E-state index in [1.807, 2.05) is 17.0 Å². The van der Waals surface area contributed by atoms with E-state index in [1.165, 1.54) is 11.1 Å². The molecule has 0 aliphatic carbocycles. The van der Waals surface area contributed by atoms with Gasteiger partial charge in [-0.1, -0.05) is 24.3 Å². The van der Waals surface area contributed by atoms with Crippen LogP contribution in [0.25, 0.3) is 0 Å². The first-order valence-electron chi connectivity index (χ1n) is 9.62. The number of benzene rings is 1. The third-order valence-electron chi connectivity index (χ3n) is 6.00. The van der Waals surface area contributed by atoms with Gasteiger partial charge in [0.2, 0.25) is 5.91 Å². The molecule has 3 aliphatic heterocycles. The summed E-state index contributed by atoms with van der Waals surface area (Å²) >= 11 is 0. The number of nitrogens with zero attached hydrogens (tertiary/aromatic N) is 2. The van der Waals surface area contributed by atoms with Gasteiger partial charge in [0.1, 0.15) is 12.1 Å². The molecule has 2 amide bonds. The highest BCUT2D eigenvalue weighted by Gasteiger charge is 2.46. The van der Waals surface area contributed by atoms with Crippen molar-refractivity contribution in [3.05, 3.63) is 35.4 Å². The van der Waals surface area contributed by atoms with Crippen LogP contribution in [0.4, 0.5) is 4.79 Å². The maximum atomic E-state index is 13.0. The van der Waals surface area contributed by atoms with Crippen LogP contribution in [0, 0.1) is 6.92 Å². The molecule has 0 radical (unpaired) electrons. The van der Waals surface area contributed by atoms with Gasteiger partial charge in [0, 0.05) is 19.4 Å². The molecule has 1 N–H and O–H groups in total. The molecule has 26 heavy (non-hydrogen) atoms. The van der Waals surface area contributed by atoms with Crippen molar-refractivity contribution in [2.24, 2.45) is 0 Å². The van der Waals surface area contributed by atoms with E-state index in [0.29, 0.717) is 6.54 Å². The fourth-order valence-corrected chi connectivity index (χ4v) is 4.56. The highest BCUT2D eigenvalue weighted by atomic mass is 16.6. The second kappa shape index (κ2) is 6.91. The van der Waals surface area contributed by atoms with Gasteiger partial charge in [-0.05, 0) is 44.0 Å². The van der Waals surface area contributed by atoms with Crippen molar-refractivity contribution in [1.29, 1.82) is 0 Å². The Morgan fingerprint density at radius 3 is 2.85 bits per heavy atom. The predicted octanol–water partition coefficient (Wildman–Crippen LogP) is 2.23. The number of carbonyl (C=O) groups excluding carboxylic acids is 2. The molecule has 0 unspecified atom stereocenters. The van der Waals surface area contributed by atoms with E-state index in [2.05, 4.69) is 24.4 Å². The molecule has 1 atom stereocenters. The van der Waals surface area contributed by atoms with Crippen LogP contribution < -0.4 is 5.32 Å². The van der Waals surface area contributed by atoms with Crippen molar-refractivity contribution in [2.45, 2.75) is 44.2 Å². The molecular weight excluding hydrogens is 330 g/mol. The molecule has 6 heteroatoms. The highest BCUT2D eigenvalue weighted by Crippen LogP contribution is 2.35. The van der Waals surface area contributed by atoms with Crippen LogP contribution >= 0.6 is 0 Å². The van der Waals surface area contributed by atoms with Crippen LogP contribution in [0.2, 0.25) is 0 Å². The third-order valence-corrected chi connectivity index (χ3v) is 6.00. The summed E-state index contributed by atoms with van der Waals surface area (Å²) in [4.78, 5) is 28.8. The zero-order valence-electron chi connectivity index (χ0n) is 15.4. The normalized spacial score (nSPS) is 25.0. The molecule has 0 aromatic heterocycles. The summed E-state index contributed by atoms with van der Waals surface area (Å²) in [6.45, 7) is 5.22. The van der Waals surface area contributed by atoms with Gasteiger partial charge in [0.15, 0.2) is 0 Å². The van der Waals surface area contributed by atoms with Crippen LogP contribution in [-0.4, -0.2) is 60.1 Å². The van der Waals surface area contributed by atoms with E-state index in [-0.39, 0.29) is 24.6 Å². The number of rotatable bonds is 3. The zero-order chi connectivity index (χ0) is 18.1. The smallest absolute Gasteiger partial charge is 0.410 e. The largest absolute Gasteiger partial charge is 0.441 e. The van der Waals surface area contributed by atoms with Crippen LogP contribution in [0.5, 0.6) is 0 Å². The van der Waals surface area contributed by atoms with Crippen molar-refractivity contribution >= 4 is 12.0 Å². The van der Waals surface area contributed by atoms with Crippen LogP contribution in [0.15, 0.2) is 24.3 Å². The van der Waals surface area contributed by atoms with Crippen molar-refractivity contribution in [3.63, 3.8) is 0 Å². The first-order valence-corrected chi connectivity index (χ1v) is 9.62. The summed E-state index contributed by atoms with van der Waals surface area (Å²) in [5.74, 6) is 0.0266. The number of hydrogen-bond acceptors (Lipinski definition) is 4. The van der Waals surface area contributed by atoms with Gasteiger partial charge in [0.05, 0.1) is 12.6 Å². The maximum absolute atomic E-state index is 13.0. The predicted molar refractivity (Wildman–Crippen MR) is 97.8 cm³/mol. The third kappa shape index (κ3) is 3.18. The monoisotopic (exact) mass is 357 g/mol. The van der Waals surface area contributed by atoms with Gasteiger partial charge in [-0.2, -0.15) is 0 Å². The van der Waals surface area contributed by atoms with Gasteiger partial charge < -0.3 is 15.0 Å². The highest BCUT2D eigenvalue weighted by molar-refractivity contribution is 5.84. The van der Waals surface area contributed by atoms with E-state index < -0.39 is 5.60 Å². The van der Waals surface area contributed by atoms with E-state index in [1.54, 1.807) is 4.90 Å². The fraction of sp³-hybridized carbons (Fsp3) is 0.600. The number of likely N-dealkylation sites (tertiary alicyclic amines) is 1. The van der Waals surface area contributed by atoms with E-state index in [0.717, 1.165) is 45.3 Å². The average Bonchev–Trinajstić information content (AvgIpc) is 3.22. The molecular formula is C20H27N3O3. The van der Waals surface area contributed by atoms with Crippen molar-refractivity contribution in [1.82, 2.24) is 15.1 Å². The molecule has 3 saturated heterocycles. The number of amides is 2. The summed E-state index contributed by atoms with van der Waals surface area (Å²) in [6.07, 6.45) is 3.28. The second-order valence-corrected chi connectivity index (χ2v) is 7.76. The van der Waals surface area contributed by atoms with E-state index in [9.17, 15) is 9.59 Å². The minimum Gasteiger partial charge on any atom is -0.441 e. The molecule has 0 saturated carbocycles. The summed E-state index contributed by atoms with van der Waals surface area (Å²) in [7, 11) is 0. The first kappa shape index (κ1) is 17.3. The minimum atomic E-state index is -0.400. The molecule has 3 heterocycles. The van der Waals surface area contributed by atoms with E-state index >= 15 is 0 Å². The summed E-state index contributed by atoms with van der Waals surface area (Å²) in [6, 6.07) is 8.38. The van der Waals surface area contributed by atoms with Gasteiger partial charge in [-0.15, -0.1) is 0 Å². The molecule has 3 fully saturated rings. The second-order valence-electron chi connectivity index (χ2n) is 7.76. The summed E-state index contributed by atoms with van der Waals surface area (Å²) in [5, 5.41) is 3.30. The Balaban J connectivity index is 1.44. The fourth-order valence-electron chi connectivity index (χ4n) is 4.56. The summed E-state index contributed by atoms with van der Waals surface area (Å²) < 4.78 is 5.67. The van der Waals surface area contributed by atoms with Gasteiger partial charge in [0.25, 0.3) is 0 Å². The van der Waals surface area contributed by atoms with Crippen molar-refractivity contribution < 1.29 is 14.3 Å². The van der Waals surface area contributed by atoms with E-state index in [4.69, 9.17) is 4.74 Å². The van der Waals surface area contributed by atoms with Crippen molar-refractivity contribution in [3.8, 4) is 0 Å². The number of ether oxygens (including phenoxy) is 1. The topological polar surface area (TPSA) is 61.9 Å². The molecule has 0 bridgehead atoms. The van der Waals surface area contributed by atoms with Gasteiger partial charge >= 0.3 is 6.09 Å². The van der Waals surface area contributed by atoms with Crippen LogP contribution in [0.3, 0.4) is 0 Å². The SMILES string of the molecule is Cc1ccccc1[C@@H]1CCCN1C(=O)CN1CC2(CCNCC2)OC1=O. The number of piperidine rings is 1. The Kier molecular flexibility index (Phi) is 4.61. The minimum absolute atomic E-state index is 0.0266. The Hall–Kier alpha value is -2.08.